The van der Waals surface area contributed by atoms with Crippen LogP contribution in [0.3, 0.4) is 0 Å². The van der Waals surface area contributed by atoms with Gasteiger partial charge in [-0.05, 0) is 26.7 Å². The normalized spacial score (nSPS) is 11.6. The molecule has 0 spiro atoms. The molecule has 0 aliphatic carbocycles. The summed E-state index contributed by atoms with van der Waals surface area (Å²) in [7, 11) is 0. The van der Waals surface area contributed by atoms with Gasteiger partial charge in [0, 0.05) is 12.2 Å². The summed E-state index contributed by atoms with van der Waals surface area (Å²) in [5.41, 5.74) is 0.669. The predicted molar refractivity (Wildman–Crippen MR) is 65.2 cm³/mol. The lowest BCUT2D eigenvalue weighted by atomic mass is 10.1. The Kier molecular flexibility index (Phi) is 10.1. The molecule has 0 aromatic heterocycles. The Bertz CT molecular complexity index is 209. The van der Waals surface area contributed by atoms with E-state index in [9.17, 15) is 4.79 Å². The first-order chi connectivity index (χ1) is 7.72. The van der Waals surface area contributed by atoms with Crippen LogP contribution in [0.1, 0.15) is 52.4 Å². The van der Waals surface area contributed by atoms with E-state index in [1.165, 1.54) is 0 Å². The van der Waals surface area contributed by atoms with Crippen molar-refractivity contribution in [2.75, 3.05) is 13.2 Å². The van der Waals surface area contributed by atoms with Crippen molar-refractivity contribution in [3.8, 4) is 0 Å². The van der Waals surface area contributed by atoms with Gasteiger partial charge >= 0.3 is 5.97 Å². The van der Waals surface area contributed by atoms with Crippen LogP contribution in [0.4, 0.5) is 0 Å². The highest BCUT2D eigenvalue weighted by Gasteiger charge is 2.03. The molecule has 0 unspecified atom stereocenters. The van der Waals surface area contributed by atoms with E-state index in [1.807, 2.05) is 6.92 Å². The van der Waals surface area contributed by atoms with Gasteiger partial charge in [0.05, 0.1) is 6.61 Å². The summed E-state index contributed by atoms with van der Waals surface area (Å²) < 4.78 is 5.08. The monoisotopic (exact) mass is 228 g/mol. The summed E-state index contributed by atoms with van der Waals surface area (Å²) in [5.74, 6) is -0.206. The van der Waals surface area contributed by atoms with Gasteiger partial charge in [-0.1, -0.05) is 31.8 Å². The zero-order valence-corrected chi connectivity index (χ0v) is 10.5. The lowest BCUT2D eigenvalue weighted by molar-refractivity contribution is -0.139. The number of hydrogen-bond acceptors (Lipinski definition) is 3. The van der Waals surface area contributed by atoms with E-state index in [0.29, 0.717) is 18.8 Å². The molecule has 0 heterocycles. The fourth-order valence-corrected chi connectivity index (χ4v) is 1.32. The number of carbonyl (C=O) groups is 1. The minimum Gasteiger partial charge on any atom is -0.462 e. The molecule has 3 heteroatoms. The third-order valence-corrected chi connectivity index (χ3v) is 2.54. The molecule has 3 nitrogen and oxygen atoms in total. The molecule has 0 radical (unpaired) electrons. The van der Waals surface area contributed by atoms with Gasteiger partial charge in [-0.3, -0.25) is 0 Å². The van der Waals surface area contributed by atoms with Crippen molar-refractivity contribution in [2.24, 2.45) is 0 Å². The number of ether oxygens (including phenoxy) is 1. The number of unbranched alkanes of at least 4 members (excludes halogenated alkanes) is 5. The molecule has 0 saturated heterocycles. The molecule has 0 aromatic carbocycles. The molecule has 1 N–H and O–H groups in total. The Balaban J connectivity index is 3.24. The van der Waals surface area contributed by atoms with Gasteiger partial charge in [-0.15, -0.1) is 0 Å². The number of aliphatic hydroxyl groups excluding tert-OH is 1. The smallest absolute Gasteiger partial charge is 0.333 e. The first-order valence-corrected chi connectivity index (χ1v) is 6.13. The molecule has 0 bridgehead atoms. The van der Waals surface area contributed by atoms with Crippen molar-refractivity contribution in [1.29, 1.82) is 0 Å². The summed E-state index contributed by atoms with van der Waals surface area (Å²) in [5, 5.41) is 8.58. The first-order valence-electron chi connectivity index (χ1n) is 6.13. The van der Waals surface area contributed by atoms with Gasteiger partial charge < -0.3 is 9.84 Å². The second-order valence-electron chi connectivity index (χ2n) is 3.95. The number of allylic oxidation sites excluding steroid dienone is 1. The molecule has 94 valence electrons. The summed E-state index contributed by atoms with van der Waals surface area (Å²) in [6, 6.07) is 0. The first kappa shape index (κ1) is 15.2. The van der Waals surface area contributed by atoms with E-state index in [4.69, 9.17) is 9.84 Å². The van der Waals surface area contributed by atoms with E-state index in [1.54, 1.807) is 13.0 Å². The van der Waals surface area contributed by atoms with Crippen molar-refractivity contribution in [1.82, 2.24) is 0 Å². The Morgan fingerprint density at radius 2 is 1.69 bits per heavy atom. The topological polar surface area (TPSA) is 46.5 Å². The molecule has 0 fully saturated rings. The highest BCUT2D eigenvalue weighted by molar-refractivity contribution is 5.87. The molecule has 16 heavy (non-hydrogen) atoms. The maximum Gasteiger partial charge on any atom is 0.333 e. The third-order valence-electron chi connectivity index (χ3n) is 2.54. The number of aliphatic hydroxyl groups is 1. The van der Waals surface area contributed by atoms with Crippen LogP contribution in [0.25, 0.3) is 0 Å². The molecule has 0 saturated carbocycles. The Morgan fingerprint density at radius 1 is 1.12 bits per heavy atom. The average Bonchev–Trinajstić information content (AvgIpc) is 2.31. The molecule has 0 aliphatic heterocycles. The van der Waals surface area contributed by atoms with E-state index in [2.05, 4.69) is 0 Å². The summed E-state index contributed by atoms with van der Waals surface area (Å²) in [6.45, 7) is 4.40. The SMILES string of the molecule is CC=C(C)C(=O)OCCCCCCCCO. The summed E-state index contributed by atoms with van der Waals surface area (Å²) in [6.07, 6.45) is 8.08. The second kappa shape index (κ2) is 10.7. The van der Waals surface area contributed by atoms with Crippen LogP contribution in [0.15, 0.2) is 11.6 Å². The highest BCUT2D eigenvalue weighted by atomic mass is 16.5. The van der Waals surface area contributed by atoms with Crippen LogP contribution in [0.5, 0.6) is 0 Å². The van der Waals surface area contributed by atoms with Gasteiger partial charge in [0.25, 0.3) is 0 Å². The highest BCUT2D eigenvalue weighted by Crippen LogP contribution is 2.05. The average molecular weight is 228 g/mol. The minimum absolute atomic E-state index is 0.206. The molecule has 0 atom stereocenters. The van der Waals surface area contributed by atoms with Crippen molar-refractivity contribution < 1.29 is 14.6 Å². The lowest BCUT2D eigenvalue weighted by Gasteiger charge is -2.04. The van der Waals surface area contributed by atoms with Gasteiger partial charge in [0.15, 0.2) is 0 Å². The van der Waals surface area contributed by atoms with Gasteiger partial charge in [0.1, 0.15) is 0 Å². The number of rotatable bonds is 9. The maximum absolute atomic E-state index is 11.2. The van der Waals surface area contributed by atoms with Crippen molar-refractivity contribution in [2.45, 2.75) is 52.4 Å². The molecular weight excluding hydrogens is 204 g/mol. The zero-order valence-electron chi connectivity index (χ0n) is 10.5. The van der Waals surface area contributed by atoms with Crippen LogP contribution in [-0.4, -0.2) is 24.3 Å². The molecule has 0 amide bonds. The largest absolute Gasteiger partial charge is 0.462 e. The Labute approximate surface area is 98.5 Å². The number of hydrogen-bond donors (Lipinski definition) is 1. The number of esters is 1. The molecule has 0 aromatic rings. The summed E-state index contributed by atoms with van der Waals surface area (Å²) >= 11 is 0. The van der Waals surface area contributed by atoms with E-state index >= 15 is 0 Å². The molecular formula is C13H24O3. The second-order valence-corrected chi connectivity index (χ2v) is 3.95. The van der Waals surface area contributed by atoms with Gasteiger partial charge in [0.2, 0.25) is 0 Å². The summed E-state index contributed by atoms with van der Waals surface area (Å²) in [4.78, 5) is 11.2. The predicted octanol–water partition coefficient (Wildman–Crippen LogP) is 2.83. The van der Waals surface area contributed by atoms with Crippen LogP contribution in [0, 0.1) is 0 Å². The van der Waals surface area contributed by atoms with E-state index < -0.39 is 0 Å². The fourth-order valence-electron chi connectivity index (χ4n) is 1.32. The van der Waals surface area contributed by atoms with Crippen molar-refractivity contribution in [3.63, 3.8) is 0 Å². The zero-order chi connectivity index (χ0) is 12.2. The van der Waals surface area contributed by atoms with Gasteiger partial charge in [-0.2, -0.15) is 0 Å². The maximum atomic E-state index is 11.2. The molecule has 0 rings (SSSR count). The van der Waals surface area contributed by atoms with Crippen LogP contribution >= 0.6 is 0 Å². The number of carbonyl (C=O) groups excluding carboxylic acids is 1. The fraction of sp³-hybridized carbons (Fsp3) is 0.769. The molecule has 0 aliphatic rings. The van der Waals surface area contributed by atoms with E-state index in [0.717, 1.165) is 38.5 Å². The Hall–Kier alpha value is -0.830. The lowest BCUT2D eigenvalue weighted by Crippen LogP contribution is -2.06. The van der Waals surface area contributed by atoms with Crippen LogP contribution in [0.2, 0.25) is 0 Å². The van der Waals surface area contributed by atoms with Crippen molar-refractivity contribution >= 4 is 5.97 Å². The standard InChI is InChI=1S/C13H24O3/c1-3-12(2)13(15)16-11-9-7-5-4-6-8-10-14/h3,14H,4-11H2,1-2H3. The van der Waals surface area contributed by atoms with Crippen molar-refractivity contribution in [3.05, 3.63) is 11.6 Å². The Morgan fingerprint density at radius 3 is 2.25 bits per heavy atom. The quantitative estimate of drug-likeness (QED) is 0.375. The van der Waals surface area contributed by atoms with E-state index in [-0.39, 0.29) is 5.97 Å². The van der Waals surface area contributed by atoms with Crippen LogP contribution < -0.4 is 0 Å². The van der Waals surface area contributed by atoms with Crippen LogP contribution in [-0.2, 0) is 9.53 Å². The minimum atomic E-state index is -0.206. The van der Waals surface area contributed by atoms with Gasteiger partial charge in [-0.25, -0.2) is 4.79 Å². The third kappa shape index (κ3) is 8.48.